The lowest BCUT2D eigenvalue weighted by Crippen LogP contribution is -2.13. The fraction of sp³-hybridized carbons (Fsp3) is 0.273. The number of carbonyl (C=O) groups is 1. The zero-order valence-corrected chi connectivity index (χ0v) is 8.77. The summed E-state index contributed by atoms with van der Waals surface area (Å²) in [5.41, 5.74) is 7.91. The Morgan fingerprint density at radius 1 is 1.56 bits per heavy atom. The molecule has 0 spiro atoms. The van der Waals surface area contributed by atoms with Gasteiger partial charge in [0.05, 0.1) is 17.6 Å². The maximum atomic E-state index is 10.3. The molecule has 0 atom stereocenters. The molecule has 2 aromatic rings. The minimum atomic E-state index is -0.724. The number of rotatable bonds is 4. The van der Waals surface area contributed by atoms with Crippen molar-refractivity contribution in [2.24, 2.45) is 5.73 Å². The zero-order valence-electron chi connectivity index (χ0n) is 8.77. The van der Waals surface area contributed by atoms with E-state index in [0.29, 0.717) is 6.61 Å². The minimum absolute atomic E-state index is 0.345. The van der Waals surface area contributed by atoms with E-state index in [1.54, 1.807) is 6.20 Å². The van der Waals surface area contributed by atoms with Crippen molar-refractivity contribution in [3.63, 3.8) is 0 Å². The predicted molar refractivity (Wildman–Crippen MR) is 60.0 cm³/mol. The Kier molecular flexibility index (Phi) is 3.05. The van der Waals surface area contributed by atoms with Gasteiger partial charge in [-0.1, -0.05) is 0 Å². The van der Waals surface area contributed by atoms with E-state index in [4.69, 9.17) is 5.73 Å². The van der Waals surface area contributed by atoms with Gasteiger partial charge in [0.1, 0.15) is 0 Å². The van der Waals surface area contributed by atoms with Crippen LogP contribution in [0.5, 0.6) is 0 Å². The Morgan fingerprint density at radius 2 is 2.44 bits per heavy atom. The summed E-state index contributed by atoms with van der Waals surface area (Å²) in [4.78, 5) is 17.8. The van der Waals surface area contributed by atoms with Crippen molar-refractivity contribution in [2.75, 3.05) is 6.61 Å². The van der Waals surface area contributed by atoms with E-state index < -0.39 is 6.09 Å². The third kappa shape index (κ3) is 2.50. The number of nitrogens with zero attached hydrogens (tertiary/aromatic N) is 1. The average molecular weight is 219 g/mol. The molecule has 16 heavy (non-hydrogen) atoms. The highest BCUT2D eigenvalue weighted by molar-refractivity contribution is 5.75. The third-order valence-corrected chi connectivity index (χ3v) is 2.28. The molecule has 3 N–H and O–H groups in total. The number of nitrogens with one attached hydrogen (secondary N) is 1. The zero-order chi connectivity index (χ0) is 11.4. The smallest absolute Gasteiger partial charge is 0.404 e. The van der Waals surface area contributed by atoms with Gasteiger partial charge in [-0.15, -0.1) is 0 Å². The number of H-pyrrole nitrogens is 1. The summed E-state index contributed by atoms with van der Waals surface area (Å²) >= 11 is 0. The molecule has 1 amide bonds. The SMILES string of the molecule is NC(=O)OCCCc1cc2ncccc2[nH]1. The van der Waals surface area contributed by atoms with Gasteiger partial charge >= 0.3 is 6.09 Å². The molecule has 0 saturated heterocycles. The van der Waals surface area contributed by atoms with Gasteiger partial charge in [0.15, 0.2) is 0 Å². The van der Waals surface area contributed by atoms with Crippen molar-refractivity contribution in [3.8, 4) is 0 Å². The Labute approximate surface area is 92.6 Å². The van der Waals surface area contributed by atoms with Crippen molar-refractivity contribution >= 4 is 17.1 Å². The molecule has 2 heterocycles. The molecule has 0 aliphatic carbocycles. The number of amides is 1. The number of aromatic nitrogens is 2. The van der Waals surface area contributed by atoms with Gasteiger partial charge in [-0.25, -0.2) is 4.79 Å². The Bertz CT molecular complexity index is 460. The molecular weight excluding hydrogens is 206 g/mol. The number of pyridine rings is 1. The quantitative estimate of drug-likeness (QED) is 0.766. The topological polar surface area (TPSA) is 81.0 Å². The first-order valence-corrected chi connectivity index (χ1v) is 5.10. The van der Waals surface area contributed by atoms with Crippen LogP contribution in [0.4, 0.5) is 4.79 Å². The molecule has 0 unspecified atom stereocenters. The Morgan fingerprint density at radius 3 is 3.19 bits per heavy atom. The fourth-order valence-corrected chi connectivity index (χ4v) is 1.58. The molecule has 2 rings (SSSR count). The molecular formula is C11H13N3O2. The van der Waals surface area contributed by atoms with Crippen molar-refractivity contribution < 1.29 is 9.53 Å². The van der Waals surface area contributed by atoms with E-state index in [1.807, 2.05) is 18.2 Å². The lowest BCUT2D eigenvalue weighted by molar-refractivity contribution is 0.155. The van der Waals surface area contributed by atoms with Crippen LogP contribution in [-0.2, 0) is 11.2 Å². The van der Waals surface area contributed by atoms with Gasteiger partial charge in [-0.3, -0.25) is 4.98 Å². The number of ether oxygens (including phenoxy) is 1. The van der Waals surface area contributed by atoms with E-state index in [0.717, 1.165) is 29.6 Å². The maximum absolute atomic E-state index is 10.3. The third-order valence-electron chi connectivity index (χ3n) is 2.28. The lowest BCUT2D eigenvalue weighted by atomic mass is 10.2. The number of aromatic amines is 1. The lowest BCUT2D eigenvalue weighted by Gasteiger charge is -1.99. The average Bonchev–Trinajstić information content (AvgIpc) is 2.66. The van der Waals surface area contributed by atoms with Gasteiger partial charge < -0.3 is 15.5 Å². The molecule has 0 fully saturated rings. The van der Waals surface area contributed by atoms with Gasteiger partial charge in [0, 0.05) is 11.9 Å². The molecule has 84 valence electrons. The Balaban J connectivity index is 1.92. The second-order valence-corrected chi connectivity index (χ2v) is 3.50. The van der Waals surface area contributed by atoms with Crippen LogP contribution in [0.1, 0.15) is 12.1 Å². The Hall–Kier alpha value is -2.04. The van der Waals surface area contributed by atoms with Crippen molar-refractivity contribution in [3.05, 3.63) is 30.1 Å². The fourth-order valence-electron chi connectivity index (χ4n) is 1.58. The van der Waals surface area contributed by atoms with Gasteiger partial charge in [0.2, 0.25) is 0 Å². The number of carbonyl (C=O) groups excluding carboxylic acids is 1. The van der Waals surface area contributed by atoms with Gasteiger partial charge in [-0.2, -0.15) is 0 Å². The summed E-state index contributed by atoms with van der Waals surface area (Å²) in [5, 5.41) is 0. The summed E-state index contributed by atoms with van der Waals surface area (Å²) in [6.45, 7) is 0.345. The summed E-state index contributed by atoms with van der Waals surface area (Å²) in [6, 6.07) is 5.87. The highest BCUT2D eigenvalue weighted by Crippen LogP contribution is 2.13. The van der Waals surface area contributed by atoms with Crippen LogP contribution in [0.3, 0.4) is 0 Å². The normalized spacial score (nSPS) is 10.5. The monoisotopic (exact) mass is 219 g/mol. The van der Waals surface area contributed by atoms with Crippen LogP contribution in [0.25, 0.3) is 11.0 Å². The second kappa shape index (κ2) is 4.65. The molecule has 2 aromatic heterocycles. The number of hydrogen-bond donors (Lipinski definition) is 2. The molecule has 0 radical (unpaired) electrons. The first kappa shape index (κ1) is 10.5. The molecule has 5 nitrogen and oxygen atoms in total. The second-order valence-electron chi connectivity index (χ2n) is 3.50. The van der Waals surface area contributed by atoms with Crippen molar-refractivity contribution in [1.82, 2.24) is 9.97 Å². The predicted octanol–water partition coefficient (Wildman–Crippen LogP) is 1.59. The highest BCUT2D eigenvalue weighted by atomic mass is 16.5. The first-order valence-electron chi connectivity index (χ1n) is 5.10. The van der Waals surface area contributed by atoms with Crippen LogP contribution in [0, 0.1) is 0 Å². The number of fused-ring (bicyclic) bond motifs is 1. The largest absolute Gasteiger partial charge is 0.450 e. The van der Waals surface area contributed by atoms with E-state index in [2.05, 4.69) is 14.7 Å². The molecule has 5 heteroatoms. The highest BCUT2D eigenvalue weighted by Gasteiger charge is 2.01. The van der Waals surface area contributed by atoms with Gasteiger partial charge in [-0.05, 0) is 31.0 Å². The van der Waals surface area contributed by atoms with Crippen LogP contribution in [0.2, 0.25) is 0 Å². The standard InChI is InChI=1S/C11H13N3O2/c12-11(15)16-6-2-3-8-7-10-9(14-8)4-1-5-13-10/h1,4-5,7,14H,2-3,6H2,(H2,12,15). The number of aryl methyl sites for hydroxylation is 1. The number of nitrogens with two attached hydrogens (primary N) is 1. The van der Waals surface area contributed by atoms with Crippen LogP contribution < -0.4 is 5.73 Å². The summed E-state index contributed by atoms with van der Waals surface area (Å²) in [5.74, 6) is 0. The van der Waals surface area contributed by atoms with E-state index in [-0.39, 0.29) is 0 Å². The van der Waals surface area contributed by atoms with Crippen LogP contribution >= 0.6 is 0 Å². The molecule has 0 saturated carbocycles. The van der Waals surface area contributed by atoms with E-state index >= 15 is 0 Å². The van der Waals surface area contributed by atoms with E-state index in [9.17, 15) is 4.79 Å². The van der Waals surface area contributed by atoms with Gasteiger partial charge in [0.25, 0.3) is 0 Å². The van der Waals surface area contributed by atoms with Crippen LogP contribution in [0.15, 0.2) is 24.4 Å². The number of hydrogen-bond acceptors (Lipinski definition) is 3. The summed E-state index contributed by atoms with van der Waals surface area (Å²) < 4.78 is 4.65. The minimum Gasteiger partial charge on any atom is -0.450 e. The maximum Gasteiger partial charge on any atom is 0.404 e. The number of primary amides is 1. The molecule has 0 aliphatic rings. The first-order chi connectivity index (χ1) is 7.75. The molecule has 0 aromatic carbocycles. The van der Waals surface area contributed by atoms with E-state index in [1.165, 1.54) is 0 Å². The summed E-state index contributed by atoms with van der Waals surface area (Å²) in [6.07, 6.45) is 2.59. The molecule has 0 aliphatic heterocycles. The van der Waals surface area contributed by atoms with Crippen molar-refractivity contribution in [2.45, 2.75) is 12.8 Å². The van der Waals surface area contributed by atoms with Crippen molar-refractivity contribution in [1.29, 1.82) is 0 Å². The van der Waals surface area contributed by atoms with Crippen LogP contribution in [-0.4, -0.2) is 22.7 Å². The molecule has 0 bridgehead atoms. The summed E-state index contributed by atoms with van der Waals surface area (Å²) in [7, 11) is 0.